The van der Waals surface area contributed by atoms with Crippen molar-refractivity contribution in [2.75, 3.05) is 9.80 Å². The Morgan fingerprint density at radius 3 is 1.08 bits per heavy atom. The molecule has 5 nitrogen and oxygen atoms in total. The van der Waals surface area contributed by atoms with Gasteiger partial charge < -0.3 is 18.6 Å². The van der Waals surface area contributed by atoms with Crippen LogP contribution in [0.5, 0.6) is 0 Å². The molecule has 11 rings (SSSR count). The molecule has 2 aromatic heterocycles. The Morgan fingerprint density at radius 1 is 0.367 bits per heavy atom. The second-order valence-electron chi connectivity index (χ2n) is 16.1. The van der Waals surface area contributed by atoms with Crippen molar-refractivity contribution in [3.05, 3.63) is 192 Å². The van der Waals surface area contributed by atoms with E-state index in [2.05, 4.69) is 201 Å². The average molecular weight is 774 g/mol. The van der Waals surface area contributed by atoms with Crippen molar-refractivity contribution in [3.63, 3.8) is 0 Å². The van der Waals surface area contributed by atoms with Crippen LogP contribution in [0.15, 0.2) is 173 Å². The van der Waals surface area contributed by atoms with Gasteiger partial charge in [0.25, 0.3) is 0 Å². The summed E-state index contributed by atoms with van der Waals surface area (Å²) in [5.41, 5.74) is 14.5. The van der Waals surface area contributed by atoms with Gasteiger partial charge in [0.1, 0.15) is 28.4 Å². The number of rotatable bonds is 6. The van der Waals surface area contributed by atoms with Crippen LogP contribution in [0.4, 0.5) is 34.1 Å². The molecule has 60 heavy (non-hydrogen) atoms. The molecule has 0 amide bonds. The fraction of sp³-hybridized carbons (Fsp3) is 0.0727. The minimum atomic E-state index is 0.557. The van der Waals surface area contributed by atoms with Crippen LogP contribution < -0.4 is 9.80 Å². The van der Waals surface area contributed by atoms with E-state index in [1.165, 1.54) is 22.3 Å². The molecule has 0 bridgehead atoms. The summed E-state index contributed by atoms with van der Waals surface area (Å²) in [5, 5.41) is 18.5. The van der Waals surface area contributed by atoms with Gasteiger partial charge in [0, 0.05) is 61.7 Å². The van der Waals surface area contributed by atoms with E-state index in [1.807, 2.05) is 6.07 Å². The normalized spacial score (nSPS) is 11.7. The van der Waals surface area contributed by atoms with Gasteiger partial charge >= 0.3 is 0 Å². The van der Waals surface area contributed by atoms with Crippen molar-refractivity contribution in [1.29, 1.82) is 5.26 Å². The Morgan fingerprint density at radius 2 is 0.733 bits per heavy atom. The summed E-state index contributed by atoms with van der Waals surface area (Å²) in [6.45, 7) is 8.49. The lowest BCUT2D eigenvalue weighted by Gasteiger charge is -2.26. The third-order valence-corrected chi connectivity index (χ3v) is 11.7. The summed E-state index contributed by atoms with van der Waals surface area (Å²) >= 11 is 0. The Hall–Kier alpha value is -7.81. The van der Waals surface area contributed by atoms with E-state index in [4.69, 9.17) is 8.83 Å². The van der Waals surface area contributed by atoms with Gasteiger partial charge in [-0.1, -0.05) is 60.7 Å². The van der Waals surface area contributed by atoms with Crippen LogP contribution in [0.3, 0.4) is 0 Å². The van der Waals surface area contributed by atoms with Crippen LogP contribution in [0.2, 0.25) is 0 Å². The first kappa shape index (κ1) is 35.4. The van der Waals surface area contributed by atoms with Crippen LogP contribution in [-0.4, -0.2) is 0 Å². The first-order chi connectivity index (χ1) is 29.3. The molecule has 0 N–H and O–H groups in total. The molecule has 2 heterocycles. The Kier molecular flexibility index (Phi) is 8.05. The van der Waals surface area contributed by atoms with Crippen molar-refractivity contribution in [3.8, 4) is 6.07 Å². The number of hydrogen-bond donors (Lipinski definition) is 0. The van der Waals surface area contributed by atoms with E-state index >= 15 is 0 Å². The zero-order chi connectivity index (χ0) is 40.6. The quantitative estimate of drug-likeness (QED) is 0.168. The molecule has 5 heteroatoms. The molecule has 286 valence electrons. The maximum atomic E-state index is 10.9. The lowest BCUT2D eigenvalue weighted by atomic mass is 9.98. The van der Waals surface area contributed by atoms with Crippen LogP contribution in [-0.2, 0) is 0 Å². The van der Waals surface area contributed by atoms with E-state index in [9.17, 15) is 5.26 Å². The predicted molar refractivity (Wildman–Crippen MR) is 249 cm³/mol. The summed E-state index contributed by atoms with van der Waals surface area (Å²) in [4.78, 5) is 4.59. The van der Waals surface area contributed by atoms with Crippen LogP contribution >= 0.6 is 0 Å². The number of hydrogen-bond acceptors (Lipinski definition) is 5. The van der Waals surface area contributed by atoms with Crippen LogP contribution in [0.1, 0.15) is 27.8 Å². The number of furan rings is 2. The number of nitriles is 1. The molecule has 0 aliphatic carbocycles. The van der Waals surface area contributed by atoms with Gasteiger partial charge in [-0.3, -0.25) is 0 Å². The zero-order valence-corrected chi connectivity index (χ0v) is 33.7. The molecule has 0 atom stereocenters. The Labute approximate surface area is 347 Å². The number of benzene rings is 9. The van der Waals surface area contributed by atoms with E-state index in [0.717, 1.165) is 88.4 Å². The molecule has 0 spiro atoms. The van der Waals surface area contributed by atoms with Gasteiger partial charge in [-0.05, 0) is 169 Å². The molecule has 9 aromatic carbocycles. The second-order valence-corrected chi connectivity index (χ2v) is 16.1. The number of nitrogens with zero attached hydrogens (tertiary/aromatic N) is 3. The minimum absolute atomic E-state index is 0.557. The SMILES string of the molecule is Cc1cccc(N(c2cccc(C)c2)c2ccc3cc4c(cc3c2)oc2cc3oc5cc6cc(N(c7cccc(C)c7)c7cccc(C)c7)ccc6cc5c3c(C#N)c24)c1. The van der Waals surface area contributed by atoms with E-state index in [0.29, 0.717) is 16.7 Å². The maximum Gasteiger partial charge on any atom is 0.140 e. The number of aryl methyl sites for hydroxylation is 4. The average Bonchev–Trinajstić information content (AvgIpc) is 3.78. The van der Waals surface area contributed by atoms with Crippen molar-refractivity contribution in [2.45, 2.75) is 27.7 Å². The van der Waals surface area contributed by atoms with Gasteiger partial charge in [0.05, 0.1) is 5.56 Å². The molecule has 0 fully saturated rings. The third kappa shape index (κ3) is 5.84. The molecule has 11 aromatic rings. The molecular formula is C55H39N3O2. The molecule has 0 saturated heterocycles. The Bertz CT molecular complexity index is 3270. The highest BCUT2D eigenvalue weighted by Gasteiger charge is 2.22. The standard InChI is InChI=1S/C55H39N3O2/c1-33-9-5-13-41(21-33)57(42-14-6-10-34(2)22-42)45-19-17-37-27-47-50(29-39(37)25-45)59-52-31-53-55(49(32-56)54(47)52)48-28-38-18-20-46(26-40(38)30-51(48)60-53)58(43-15-7-11-35(3)23-43)44-16-8-12-36(4)24-44/h5-31H,1-4H3. The summed E-state index contributed by atoms with van der Waals surface area (Å²) in [6, 6.07) is 60.5. The highest BCUT2D eigenvalue weighted by Crippen LogP contribution is 2.44. The molecule has 0 radical (unpaired) electrons. The lowest BCUT2D eigenvalue weighted by molar-refractivity contribution is 0.656. The molecule has 0 aliphatic rings. The van der Waals surface area contributed by atoms with E-state index < -0.39 is 0 Å². The molecule has 0 saturated carbocycles. The summed E-state index contributed by atoms with van der Waals surface area (Å²) in [5.74, 6) is 0. The predicted octanol–water partition coefficient (Wildman–Crippen LogP) is 15.8. The van der Waals surface area contributed by atoms with Gasteiger partial charge in [-0.25, -0.2) is 0 Å². The molecule has 0 aliphatic heterocycles. The lowest BCUT2D eigenvalue weighted by Crippen LogP contribution is -2.10. The van der Waals surface area contributed by atoms with Gasteiger partial charge in [0.15, 0.2) is 0 Å². The minimum Gasteiger partial charge on any atom is -0.456 e. The summed E-state index contributed by atoms with van der Waals surface area (Å²) in [6.07, 6.45) is 0. The highest BCUT2D eigenvalue weighted by molar-refractivity contribution is 6.22. The first-order valence-electron chi connectivity index (χ1n) is 20.3. The topological polar surface area (TPSA) is 56.6 Å². The smallest absolute Gasteiger partial charge is 0.140 e. The van der Waals surface area contributed by atoms with Crippen molar-refractivity contribution in [2.24, 2.45) is 0 Å². The molecule has 0 unspecified atom stereocenters. The van der Waals surface area contributed by atoms with E-state index in [-0.39, 0.29) is 0 Å². The molecular weight excluding hydrogens is 735 g/mol. The summed E-state index contributed by atoms with van der Waals surface area (Å²) < 4.78 is 13.2. The highest BCUT2D eigenvalue weighted by atomic mass is 16.3. The van der Waals surface area contributed by atoms with Crippen molar-refractivity contribution in [1.82, 2.24) is 0 Å². The van der Waals surface area contributed by atoms with Gasteiger partial charge in [-0.2, -0.15) is 5.26 Å². The fourth-order valence-electron chi connectivity index (χ4n) is 9.01. The van der Waals surface area contributed by atoms with E-state index in [1.54, 1.807) is 0 Å². The summed E-state index contributed by atoms with van der Waals surface area (Å²) in [7, 11) is 0. The Balaban J connectivity index is 1.04. The number of anilines is 6. The van der Waals surface area contributed by atoms with Gasteiger partial charge in [-0.15, -0.1) is 0 Å². The van der Waals surface area contributed by atoms with Crippen molar-refractivity contribution < 1.29 is 8.83 Å². The van der Waals surface area contributed by atoms with Crippen LogP contribution in [0.25, 0.3) is 65.4 Å². The number of fused-ring (bicyclic) bond motifs is 8. The zero-order valence-electron chi connectivity index (χ0n) is 33.7. The fourth-order valence-corrected chi connectivity index (χ4v) is 9.01. The monoisotopic (exact) mass is 773 g/mol. The van der Waals surface area contributed by atoms with Crippen molar-refractivity contribution >= 4 is 99.5 Å². The maximum absolute atomic E-state index is 10.9. The van der Waals surface area contributed by atoms with Gasteiger partial charge in [0.2, 0.25) is 0 Å². The largest absolute Gasteiger partial charge is 0.456 e. The first-order valence-corrected chi connectivity index (χ1v) is 20.3. The second kappa shape index (κ2) is 13.7. The van der Waals surface area contributed by atoms with Crippen LogP contribution in [0, 0.1) is 39.0 Å². The third-order valence-electron chi connectivity index (χ3n) is 11.7.